The molecule has 1 aliphatic rings. The molecule has 1 saturated heterocycles. The van der Waals surface area contributed by atoms with Gasteiger partial charge in [-0.3, -0.25) is 24.2 Å². The molecule has 3 amide bonds. The number of ether oxygens (including phenoxy) is 2. The molecule has 1 heterocycles. The molecule has 2 aromatic rings. The summed E-state index contributed by atoms with van der Waals surface area (Å²) in [6.07, 6.45) is 1.80. The van der Waals surface area contributed by atoms with E-state index in [2.05, 4.69) is 15.6 Å². The average Bonchev–Trinajstić information content (AvgIpc) is 3.55. The predicted octanol–water partition coefficient (Wildman–Crippen LogP) is 0.389. The van der Waals surface area contributed by atoms with Crippen LogP contribution in [0.1, 0.15) is 58.9 Å². The number of nitrogens with two attached hydrogens (primary N) is 3. The van der Waals surface area contributed by atoms with Gasteiger partial charge in [-0.05, 0) is 55.9 Å². The SMILES string of the molecule is CC(=O)O.COC(=O)c1cc(NC(=O)[C@H](CCCN=C(N)N)NC(=O)[C@@H]2CCCN2C(=O)[C@H](N)Cc2ccccc2)cc(C(=O)OC)c1. The second-order valence-corrected chi connectivity index (χ2v) is 10.8. The van der Waals surface area contributed by atoms with Crippen molar-refractivity contribution in [2.45, 2.75) is 57.2 Å². The second-order valence-electron chi connectivity index (χ2n) is 10.8. The third kappa shape index (κ3) is 12.4. The number of esters is 2. The van der Waals surface area contributed by atoms with Crippen LogP contribution in [0.25, 0.3) is 0 Å². The first-order chi connectivity index (χ1) is 22.8. The summed E-state index contributed by atoms with van der Waals surface area (Å²) in [6, 6.07) is 10.6. The fraction of sp³-hybridized carbons (Fsp3) is 0.406. The number of nitrogens with one attached hydrogen (secondary N) is 2. The van der Waals surface area contributed by atoms with Crippen molar-refractivity contribution in [1.82, 2.24) is 10.2 Å². The lowest BCUT2D eigenvalue weighted by Crippen LogP contribution is -2.54. The van der Waals surface area contributed by atoms with E-state index < -0.39 is 47.8 Å². The monoisotopic (exact) mass is 669 g/mol. The molecule has 3 atom stereocenters. The van der Waals surface area contributed by atoms with Crippen molar-refractivity contribution in [2.24, 2.45) is 22.2 Å². The quantitative estimate of drug-likeness (QED) is 0.0733. The summed E-state index contributed by atoms with van der Waals surface area (Å²) in [5, 5.41) is 12.8. The molecule has 1 fully saturated rings. The van der Waals surface area contributed by atoms with Crippen LogP contribution in [0.2, 0.25) is 0 Å². The van der Waals surface area contributed by atoms with E-state index in [4.69, 9.17) is 36.6 Å². The second kappa shape index (κ2) is 19.2. The van der Waals surface area contributed by atoms with Crippen molar-refractivity contribution in [2.75, 3.05) is 32.6 Å². The Kier molecular flexibility index (Phi) is 15.5. The number of likely N-dealkylation sites (tertiary alicyclic amines) is 1. The van der Waals surface area contributed by atoms with Crippen LogP contribution in [-0.2, 0) is 35.1 Å². The van der Waals surface area contributed by atoms with Crippen molar-refractivity contribution in [1.29, 1.82) is 0 Å². The minimum absolute atomic E-state index is 0.00555. The van der Waals surface area contributed by atoms with E-state index in [-0.39, 0.29) is 41.6 Å². The van der Waals surface area contributed by atoms with Gasteiger partial charge in [-0.15, -0.1) is 0 Å². The van der Waals surface area contributed by atoms with Crippen LogP contribution in [0.3, 0.4) is 0 Å². The van der Waals surface area contributed by atoms with Crippen molar-refractivity contribution in [3.63, 3.8) is 0 Å². The fourth-order valence-electron chi connectivity index (χ4n) is 4.91. The van der Waals surface area contributed by atoms with Gasteiger partial charge in [0, 0.05) is 25.7 Å². The molecule has 0 unspecified atom stereocenters. The largest absolute Gasteiger partial charge is 0.481 e. The number of aliphatic imine (C=N–C) groups is 1. The third-order valence-electron chi connectivity index (χ3n) is 7.08. The summed E-state index contributed by atoms with van der Waals surface area (Å²) >= 11 is 0. The molecule has 2 aromatic carbocycles. The highest BCUT2D eigenvalue weighted by Crippen LogP contribution is 2.21. The minimum Gasteiger partial charge on any atom is -0.481 e. The summed E-state index contributed by atoms with van der Waals surface area (Å²) in [7, 11) is 2.36. The maximum Gasteiger partial charge on any atom is 0.337 e. The molecule has 0 aromatic heterocycles. The predicted molar refractivity (Wildman–Crippen MR) is 176 cm³/mol. The molecule has 0 radical (unpaired) electrons. The zero-order valence-corrected chi connectivity index (χ0v) is 27.1. The Morgan fingerprint density at radius 3 is 2.12 bits per heavy atom. The number of carboxylic acids is 1. The Morgan fingerprint density at radius 2 is 1.58 bits per heavy atom. The highest BCUT2D eigenvalue weighted by Gasteiger charge is 2.37. The van der Waals surface area contributed by atoms with Crippen molar-refractivity contribution in [3.8, 4) is 0 Å². The minimum atomic E-state index is -1.07. The zero-order valence-electron chi connectivity index (χ0n) is 27.1. The number of hydrogen-bond acceptors (Lipinski definition) is 10. The fourth-order valence-corrected chi connectivity index (χ4v) is 4.91. The van der Waals surface area contributed by atoms with E-state index in [0.717, 1.165) is 12.5 Å². The van der Waals surface area contributed by atoms with Gasteiger partial charge in [-0.1, -0.05) is 30.3 Å². The smallest absolute Gasteiger partial charge is 0.337 e. The van der Waals surface area contributed by atoms with Gasteiger partial charge < -0.3 is 47.3 Å². The average molecular weight is 670 g/mol. The van der Waals surface area contributed by atoms with Crippen LogP contribution in [0, 0.1) is 0 Å². The summed E-state index contributed by atoms with van der Waals surface area (Å²) in [5.41, 5.74) is 18.1. The maximum absolute atomic E-state index is 13.5. The number of hydrogen-bond donors (Lipinski definition) is 6. The summed E-state index contributed by atoms with van der Waals surface area (Å²) in [6.45, 7) is 1.64. The molecular formula is C32H43N7O9. The number of rotatable bonds is 13. The van der Waals surface area contributed by atoms with Crippen LogP contribution in [0.15, 0.2) is 53.5 Å². The van der Waals surface area contributed by atoms with Gasteiger partial charge in [0.25, 0.3) is 5.97 Å². The maximum atomic E-state index is 13.5. The molecule has 3 rings (SSSR count). The Hall–Kier alpha value is -5.51. The van der Waals surface area contributed by atoms with Crippen molar-refractivity contribution < 1.29 is 43.3 Å². The molecule has 16 nitrogen and oxygen atoms in total. The van der Waals surface area contributed by atoms with Crippen LogP contribution < -0.4 is 27.8 Å². The first kappa shape index (κ1) is 38.7. The highest BCUT2D eigenvalue weighted by molar-refractivity contribution is 6.02. The van der Waals surface area contributed by atoms with E-state index in [1.54, 1.807) is 0 Å². The topological polar surface area (TPSA) is 259 Å². The molecule has 0 saturated carbocycles. The normalized spacial score (nSPS) is 14.7. The zero-order chi connectivity index (χ0) is 35.8. The number of anilines is 1. The molecule has 16 heteroatoms. The molecule has 48 heavy (non-hydrogen) atoms. The molecule has 9 N–H and O–H groups in total. The number of aliphatic carboxylic acids is 1. The van der Waals surface area contributed by atoms with Crippen molar-refractivity contribution >= 4 is 47.3 Å². The highest BCUT2D eigenvalue weighted by atomic mass is 16.5. The van der Waals surface area contributed by atoms with E-state index in [9.17, 15) is 24.0 Å². The lowest BCUT2D eigenvalue weighted by molar-refractivity contribution is -0.140. The number of carbonyl (C=O) groups excluding carboxylic acids is 5. The Morgan fingerprint density at radius 1 is 1.00 bits per heavy atom. The van der Waals surface area contributed by atoms with Gasteiger partial charge in [0.15, 0.2) is 5.96 Å². The van der Waals surface area contributed by atoms with Crippen molar-refractivity contribution in [3.05, 3.63) is 65.2 Å². The lowest BCUT2D eigenvalue weighted by Gasteiger charge is -2.28. The molecule has 1 aliphatic heterocycles. The number of benzene rings is 2. The number of nitrogens with zero attached hydrogens (tertiary/aromatic N) is 2. The van der Waals surface area contributed by atoms with Gasteiger partial charge in [0.1, 0.15) is 12.1 Å². The Labute approximate surface area is 278 Å². The van der Waals surface area contributed by atoms with Gasteiger partial charge in [-0.25, -0.2) is 9.59 Å². The summed E-state index contributed by atoms with van der Waals surface area (Å²) < 4.78 is 9.50. The van der Waals surface area contributed by atoms with Crippen LogP contribution in [0.5, 0.6) is 0 Å². The standard InChI is InChI=1S/C30H39N7O7.C2H4O2/c1-43-28(41)19-15-20(29(42)44-2)17-21(16-19)35-25(38)23(10-6-12-34-30(32)33)36-26(39)24-11-7-13-37(24)27(40)22(31)14-18-8-4-3-5-9-18;1-2(3)4/h3-5,8-9,15-17,22-24H,6-7,10-14,31H2,1-2H3,(H,35,38)(H,36,39)(H4,32,33,34);1H3,(H,3,4)/t22-,23+,24+;/m1./s1. The molecule has 0 aliphatic carbocycles. The third-order valence-corrected chi connectivity index (χ3v) is 7.08. The van der Waals surface area contributed by atoms with Crippen LogP contribution in [-0.4, -0.2) is 97.0 Å². The Bertz CT molecular complexity index is 1440. The van der Waals surface area contributed by atoms with E-state index >= 15 is 0 Å². The Balaban J connectivity index is 0.00000189. The number of guanidine groups is 1. The van der Waals surface area contributed by atoms with Crippen LogP contribution >= 0.6 is 0 Å². The van der Waals surface area contributed by atoms with Gasteiger partial charge in [-0.2, -0.15) is 0 Å². The molecule has 260 valence electrons. The summed E-state index contributed by atoms with van der Waals surface area (Å²) in [5.74, 6) is -3.90. The first-order valence-electron chi connectivity index (χ1n) is 15.0. The van der Waals surface area contributed by atoms with Crippen LogP contribution in [0.4, 0.5) is 5.69 Å². The molecule has 0 bridgehead atoms. The molecule has 0 spiro atoms. The molecular weight excluding hydrogens is 626 g/mol. The number of methoxy groups -OCH3 is 2. The lowest BCUT2D eigenvalue weighted by atomic mass is 10.0. The van der Waals surface area contributed by atoms with E-state index in [0.29, 0.717) is 32.2 Å². The number of carboxylic acid groups (broad SMARTS) is 1. The van der Waals surface area contributed by atoms with E-state index in [1.807, 2.05) is 30.3 Å². The van der Waals surface area contributed by atoms with Gasteiger partial charge in [0.05, 0.1) is 31.4 Å². The van der Waals surface area contributed by atoms with E-state index in [1.165, 1.54) is 37.3 Å². The number of amides is 3. The van der Waals surface area contributed by atoms with Gasteiger partial charge >= 0.3 is 11.9 Å². The van der Waals surface area contributed by atoms with Gasteiger partial charge in [0.2, 0.25) is 17.7 Å². The number of carbonyl (C=O) groups is 6. The first-order valence-corrected chi connectivity index (χ1v) is 15.0. The summed E-state index contributed by atoms with van der Waals surface area (Å²) in [4.78, 5) is 79.0.